The topological polar surface area (TPSA) is 17.1 Å². The van der Waals surface area contributed by atoms with Crippen molar-refractivity contribution in [3.8, 4) is 0 Å². The maximum atomic E-state index is 10.6. The Morgan fingerprint density at radius 1 is 1.50 bits per heavy atom. The number of rotatable bonds is 2. The predicted molar refractivity (Wildman–Crippen MR) is 45.5 cm³/mol. The molecule has 0 bridgehead atoms. The molecule has 1 atom stereocenters. The van der Waals surface area contributed by atoms with Crippen LogP contribution in [0.2, 0.25) is 0 Å². The van der Waals surface area contributed by atoms with Crippen molar-refractivity contribution >= 4 is 32.8 Å². The number of hydrogen-bond donors (Lipinski definition) is 0. The highest BCUT2D eigenvalue weighted by atomic mass is 79.9. The van der Waals surface area contributed by atoms with E-state index < -0.39 is 0 Å². The second-order valence-corrected chi connectivity index (χ2v) is 4.11. The molecule has 0 aromatic rings. The Bertz CT molecular complexity index is 132. The van der Waals surface area contributed by atoms with Gasteiger partial charge in [0.15, 0.2) is 0 Å². The zero-order valence-corrected chi connectivity index (χ0v) is 7.99. The Morgan fingerprint density at radius 3 is 2.40 bits per heavy atom. The lowest BCUT2D eigenvalue weighted by Gasteiger charge is -2.11. The molecule has 0 heterocycles. The van der Waals surface area contributed by atoms with E-state index in [0.717, 1.165) is 12.8 Å². The smallest absolute Gasteiger partial charge is 0.235 e. The molecule has 0 spiro atoms. The summed E-state index contributed by atoms with van der Waals surface area (Å²) >= 11 is 8.61. The number of alkyl halides is 1. The van der Waals surface area contributed by atoms with E-state index in [0.29, 0.717) is 5.92 Å². The molecule has 0 N–H and O–H groups in total. The minimum Gasteiger partial charge on any atom is -0.280 e. The van der Waals surface area contributed by atoms with E-state index in [1.807, 2.05) is 0 Å². The van der Waals surface area contributed by atoms with Gasteiger partial charge >= 0.3 is 0 Å². The molecule has 1 nitrogen and oxygen atoms in total. The quantitative estimate of drug-likeness (QED) is 0.522. The van der Waals surface area contributed by atoms with Gasteiger partial charge in [-0.15, -0.1) is 0 Å². The van der Waals surface area contributed by atoms with Crippen LogP contribution in [0.15, 0.2) is 0 Å². The van der Waals surface area contributed by atoms with E-state index in [2.05, 4.69) is 15.9 Å². The first-order valence-electron chi connectivity index (χ1n) is 3.55. The van der Waals surface area contributed by atoms with E-state index in [-0.39, 0.29) is 10.1 Å². The molecule has 58 valence electrons. The van der Waals surface area contributed by atoms with Crippen LogP contribution in [0.25, 0.3) is 0 Å². The first-order chi connectivity index (χ1) is 4.72. The third kappa shape index (κ3) is 1.96. The van der Waals surface area contributed by atoms with Crippen molar-refractivity contribution in [3.05, 3.63) is 0 Å². The van der Waals surface area contributed by atoms with Crippen LogP contribution in [-0.4, -0.2) is 10.1 Å². The van der Waals surface area contributed by atoms with Crippen molar-refractivity contribution in [2.75, 3.05) is 0 Å². The number of halogens is 2. The summed E-state index contributed by atoms with van der Waals surface area (Å²) in [6, 6.07) is 0. The van der Waals surface area contributed by atoms with Crippen LogP contribution in [-0.2, 0) is 4.79 Å². The second kappa shape index (κ2) is 3.72. The monoisotopic (exact) mass is 224 g/mol. The third-order valence-corrected chi connectivity index (χ3v) is 3.69. The zero-order chi connectivity index (χ0) is 7.56. The minimum absolute atomic E-state index is 0.100. The van der Waals surface area contributed by atoms with Crippen molar-refractivity contribution in [2.24, 2.45) is 5.92 Å². The summed E-state index contributed by atoms with van der Waals surface area (Å²) in [5.41, 5.74) is 0. The fourth-order valence-electron chi connectivity index (χ4n) is 1.44. The molecule has 0 aromatic carbocycles. The molecule has 1 fully saturated rings. The maximum Gasteiger partial charge on any atom is 0.235 e. The largest absolute Gasteiger partial charge is 0.280 e. The lowest BCUT2D eigenvalue weighted by Crippen LogP contribution is -2.17. The molecule has 1 unspecified atom stereocenters. The van der Waals surface area contributed by atoms with Crippen LogP contribution >= 0.6 is 27.5 Å². The van der Waals surface area contributed by atoms with Gasteiger partial charge in [0.2, 0.25) is 5.24 Å². The highest BCUT2D eigenvalue weighted by molar-refractivity contribution is 9.10. The van der Waals surface area contributed by atoms with E-state index in [1.165, 1.54) is 12.8 Å². The Hall–Kier alpha value is 0.440. The van der Waals surface area contributed by atoms with Gasteiger partial charge in [-0.1, -0.05) is 28.8 Å². The molecule has 0 saturated heterocycles. The lowest BCUT2D eigenvalue weighted by molar-refractivity contribution is -0.111. The van der Waals surface area contributed by atoms with Crippen LogP contribution in [0.5, 0.6) is 0 Å². The van der Waals surface area contributed by atoms with Crippen molar-refractivity contribution in [3.63, 3.8) is 0 Å². The zero-order valence-electron chi connectivity index (χ0n) is 5.65. The summed E-state index contributed by atoms with van der Waals surface area (Å²) in [6.07, 6.45) is 4.79. The van der Waals surface area contributed by atoms with E-state index >= 15 is 0 Å². The van der Waals surface area contributed by atoms with Crippen LogP contribution < -0.4 is 0 Å². The molecule has 10 heavy (non-hydrogen) atoms. The third-order valence-electron chi connectivity index (χ3n) is 2.03. The molecule has 0 aliphatic heterocycles. The number of carbonyl (C=O) groups excluding carboxylic acids is 1. The van der Waals surface area contributed by atoms with Gasteiger partial charge in [0, 0.05) is 0 Å². The summed E-state index contributed by atoms with van der Waals surface area (Å²) in [5.74, 6) is 0.491. The Morgan fingerprint density at radius 2 is 2.00 bits per heavy atom. The molecule has 0 radical (unpaired) electrons. The molecule has 1 saturated carbocycles. The fourth-order valence-corrected chi connectivity index (χ4v) is 2.14. The Kier molecular flexibility index (Phi) is 3.18. The SMILES string of the molecule is O=C(Cl)C(Br)C1CCCC1. The number of carbonyl (C=O) groups is 1. The summed E-state index contributed by atoms with van der Waals surface area (Å²) in [5, 5.41) is -0.244. The van der Waals surface area contributed by atoms with Gasteiger partial charge in [-0.05, 0) is 30.4 Å². The van der Waals surface area contributed by atoms with E-state index in [1.54, 1.807) is 0 Å². The fraction of sp³-hybridized carbons (Fsp3) is 0.857. The molecule has 1 aliphatic rings. The molecule has 3 heteroatoms. The Labute approximate surface area is 74.3 Å². The summed E-state index contributed by atoms with van der Waals surface area (Å²) in [6.45, 7) is 0. The number of hydrogen-bond acceptors (Lipinski definition) is 1. The van der Waals surface area contributed by atoms with Gasteiger partial charge in [0.1, 0.15) is 0 Å². The highest BCUT2D eigenvalue weighted by Gasteiger charge is 2.26. The average molecular weight is 226 g/mol. The first-order valence-corrected chi connectivity index (χ1v) is 4.84. The Balaban J connectivity index is 2.39. The van der Waals surface area contributed by atoms with Crippen molar-refractivity contribution in [1.82, 2.24) is 0 Å². The van der Waals surface area contributed by atoms with Gasteiger partial charge in [-0.3, -0.25) is 4.79 Å². The lowest BCUT2D eigenvalue weighted by atomic mass is 10.1. The van der Waals surface area contributed by atoms with Crippen LogP contribution in [0.1, 0.15) is 25.7 Å². The average Bonchev–Trinajstić information content (AvgIpc) is 2.36. The van der Waals surface area contributed by atoms with Crippen LogP contribution in [0, 0.1) is 5.92 Å². The highest BCUT2D eigenvalue weighted by Crippen LogP contribution is 2.32. The normalized spacial score (nSPS) is 23.0. The van der Waals surface area contributed by atoms with Crippen molar-refractivity contribution in [2.45, 2.75) is 30.5 Å². The van der Waals surface area contributed by atoms with Crippen molar-refractivity contribution in [1.29, 1.82) is 0 Å². The van der Waals surface area contributed by atoms with Gasteiger partial charge in [-0.2, -0.15) is 0 Å². The first kappa shape index (κ1) is 8.54. The van der Waals surface area contributed by atoms with Gasteiger partial charge in [-0.25, -0.2) is 0 Å². The minimum atomic E-state index is -0.244. The predicted octanol–water partition coefficient (Wildman–Crippen LogP) is 2.71. The van der Waals surface area contributed by atoms with Gasteiger partial charge in [0.25, 0.3) is 0 Å². The summed E-state index contributed by atoms with van der Waals surface area (Å²) < 4.78 is 0. The molecule has 0 amide bonds. The van der Waals surface area contributed by atoms with Gasteiger partial charge in [0.05, 0.1) is 4.83 Å². The summed E-state index contributed by atoms with van der Waals surface area (Å²) in [4.78, 5) is 10.5. The van der Waals surface area contributed by atoms with Crippen LogP contribution in [0.4, 0.5) is 0 Å². The van der Waals surface area contributed by atoms with Crippen LogP contribution in [0.3, 0.4) is 0 Å². The van der Waals surface area contributed by atoms with Crippen molar-refractivity contribution < 1.29 is 4.79 Å². The molecule has 1 rings (SSSR count). The van der Waals surface area contributed by atoms with E-state index in [4.69, 9.17) is 11.6 Å². The molecule has 0 aromatic heterocycles. The molecular weight excluding hydrogens is 215 g/mol. The summed E-state index contributed by atoms with van der Waals surface area (Å²) in [7, 11) is 0. The van der Waals surface area contributed by atoms with E-state index in [9.17, 15) is 4.79 Å². The molecule has 1 aliphatic carbocycles. The maximum absolute atomic E-state index is 10.6. The van der Waals surface area contributed by atoms with Gasteiger partial charge < -0.3 is 0 Å². The second-order valence-electron chi connectivity index (χ2n) is 2.75. The molecular formula is C7H10BrClO. The standard InChI is InChI=1S/C7H10BrClO/c8-6(7(9)10)5-3-1-2-4-5/h5-6H,1-4H2.